The molecule has 6 N–H and O–H groups in total. The van der Waals surface area contributed by atoms with Gasteiger partial charge in [0, 0.05) is 48.8 Å². The number of halogens is 4. The molecule has 0 fully saturated rings. The van der Waals surface area contributed by atoms with Crippen molar-refractivity contribution in [2.45, 2.75) is 65.5 Å². The Labute approximate surface area is 423 Å². The number of hydrazone groups is 2. The molecule has 0 saturated heterocycles. The predicted octanol–water partition coefficient (Wildman–Crippen LogP) is 11.6. The van der Waals surface area contributed by atoms with Gasteiger partial charge in [-0.15, -0.1) is 0 Å². The molecule has 0 aliphatic carbocycles. The highest BCUT2D eigenvalue weighted by atomic mass is 79.9. The van der Waals surface area contributed by atoms with E-state index in [1.165, 1.54) is 12.1 Å². The largest absolute Gasteiger partial charge is 0.506 e. The normalized spacial score (nSPS) is 12.8. The number of anilines is 2. The smallest absolute Gasteiger partial charge is 0.262 e. The third-order valence-electron chi connectivity index (χ3n) is 11.5. The van der Waals surface area contributed by atoms with Crippen molar-refractivity contribution in [3.63, 3.8) is 0 Å². The molecule has 13 nitrogen and oxygen atoms in total. The molecule has 2 atom stereocenters. The Balaban J connectivity index is 1.04. The average Bonchev–Trinajstić information content (AvgIpc) is 3.34. The Bertz CT molecular complexity index is 2640. The minimum Gasteiger partial charge on any atom is -0.506 e. The Morgan fingerprint density at radius 3 is 1.31 bits per heavy atom. The summed E-state index contributed by atoms with van der Waals surface area (Å²) in [5.74, 6) is -1.34. The summed E-state index contributed by atoms with van der Waals surface area (Å²) in [4.78, 5) is 31.4. The molecule has 0 aliphatic heterocycles. The van der Waals surface area contributed by atoms with Crippen molar-refractivity contribution in [2.24, 2.45) is 10.2 Å². The Kier molecular flexibility index (Phi) is 18.1. The Morgan fingerprint density at radius 1 is 0.552 bits per heavy atom. The quantitative estimate of drug-likeness (QED) is 0.0246. The average molecular weight is 1170 g/mol. The second-order valence-corrected chi connectivity index (χ2v) is 19.3. The molecule has 0 aliphatic rings. The zero-order chi connectivity index (χ0) is 48.4. The van der Waals surface area contributed by atoms with E-state index in [4.69, 9.17) is 4.74 Å². The fourth-order valence-electron chi connectivity index (χ4n) is 7.50. The lowest BCUT2D eigenvalue weighted by molar-refractivity contribution is -0.122. The van der Waals surface area contributed by atoms with E-state index in [0.29, 0.717) is 57.8 Å². The van der Waals surface area contributed by atoms with Gasteiger partial charge in [-0.05, 0) is 175 Å². The minimum absolute atomic E-state index is 0.116. The second-order valence-electron chi connectivity index (χ2n) is 16.0. The number of unbranched alkanes of at least 4 members (excludes halogenated alkanes) is 2. The predicted molar refractivity (Wildman–Crippen MR) is 282 cm³/mol. The number of carbonyl (C=O) groups is 2. The van der Waals surface area contributed by atoms with Crippen LogP contribution >= 0.6 is 63.7 Å². The standard InChI is InChI=1S/C50H52Br4N6O7/c1-29(39-27-41(51)47(63)43(53)45(39)61)55-57-49(65)31(3)59(37-19-17-33-13-5-7-15-35(33)25-37)21-9-11-23-67-24-12-10-22-60(38-20-18-34-14-6-8-16-36(34)26-38)32(4)50(66)58-56-30(2)40-28-42(52)48(64)44(54)46(40)62/h5-8,13-20,25-28,31-32,61-64H,9-12,21-24H2,1-4H3,(H,57,65)(H,58,66)/b55-29+,56-30+. The lowest BCUT2D eigenvalue weighted by Gasteiger charge is -2.30. The van der Waals surface area contributed by atoms with E-state index in [2.05, 4.69) is 107 Å². The van der Waals surface area contributed by atoms with Gasteiger partial charge in [0.2, 0.25) is 0 Å². The van der Waals surface area contributed by atoms with E-state index in [-0.39, 0.29) is 43.8 Å². The van der Waals surface area contributed by atoms with Crippen LogP contribution in [0.1, 0.15) is 64.5 Å². The number of nitrogens with zero attached hydrogens (tertiary/aromatic N) is 4. The third-order valence-corrected chi connectivity index (χ3v) is 14.2. The van der Waals surface area contributed by atoms with Crippen LogP contribution in [-0.2, 0) is 14.3 Å². The van der Waals surface area contributed by atoms with Crippen molar-refractivity contribution < 1.29 is 34.8 Å². The van der Waals surface area contributed by atoms with Crippen LogP contribution in [0.4, 0.5) is 11.4 Å². The summed E-state index contributed by atoms with van der Waals surface area (Å²) in [6.45, 7) is 9.20. The summed E-state index contributed by atoms with van der Waals surface area (Å²) in [6, 6.07) is 30.3. The van der Waals surface area contributed by atoms with E-state index in [1.54, 1.807) is 13.8 Å². The number of aromatic hydroxyl groups is 4. The maximum atomic E-state index is 13.6. The van der Waals surface area contributed by atoms with Gasteiger partial charge in [0.05, 0.1) is 20.4 Å². The SMILES string of the molecule is C/C(=N\NC(=O)C(C)N(CCCCOCCCCN(c1ccc2ccccc2c1)C(C)C(=O)N/N=C(\C)c1cc(Br)c(O)c(Br)c1O)c1ccc2ccccc2c1)c1cc(Br)c(O)c(Br)c1O. The van der Waals surface area contributed by atoms with Gasteiger partial charge in [-0.3, -0.25) is 9.59 Å². The van der Waals surface area contributed by atoms with E-state index in [1.807, 2.05) is 86.6 Å². The lowest BCUT2D eigenvalue weighted by atomic mass is 10.1. The first-order valence-corrected chi connectivity index (χ1v) is 24.8. The number of fused-ring (bicyclic) bond motifs is 2. The number of carbonyl (C=O) groups excluding carboxylic acids is 2. The molecule has 0 saturated carbocycles. The number of ether oxygens (including phenoxy) is 1. The number of amides is 2. The number of hydrogen-bond donors (Lipinski definition) is 6. The van der Waals surface area contributed by atoms with Crippen LogP contribution in [0.15, 0.2) is 125 Å². The first-order chi connectivity index (χ1) is 32.1. The number of phenols is 4. The summed E-state index contributed by atoms with van der Waals surface area (Å²) < 4.78 is 7.06. The molecule has 2 amide bonds. The fourth-order valence-corrected chi connectivity index (χ4v) is 9.74. The number of phenolic OH excluding ortho intramolecular Hbond substituents is 4. The van der Waals surface area contributed by atoms with Crippen molar-refractivity contribution in [3.8, 4) is 23.0 Å². The van der Waals surface area contributed by atoms with E-state index in [9.17, 15) is 30.0 Å². The zero-order valence-corrected chi connectivity index (χ0v) is 43.7. The van der Waals surface area contributed by atoms with Gasteiger partial charge in [-0.1, -0.05) is 60.7 Å². The van der Waals surface area contributed by atoms with Crippen LogP contribution in [0.3, 0.4) is 0 Å². The van der Waals surface area contributed by atoms with E-state index in [0.717, 1.165) is 58.6 Å². The van der Waals surface area contributed by atoms with Gasteiger partial charge in [-0.2, -0.15) is 10.2 Å². The number of hydrogen-bond acceptors (Lipinski definition) is 11. The van der Waals surface area contributed by atoms with Gasteiger partial charge in [0.15, 0.2) is 0 Å². The molecule has 0 radical (unpaired) electrons. The molecule has 2 unspecified atom stereocenters. The molecule has 0 aromatic heterocycles. The molecule has 0 heterocycles. The van der Waals surface area contributed by atoms with Gasteiger partial charge in [-0.25, -0.2) is 10.9 Å². The highest BCUT2D eigenvalue weighted by molar-refractivity contribution is 9.11. The molecule has 0 bridgehead atoms. The van der Waals surface area contributed by atoms with Gasteiger partial charge < -0.3 is 35.0 Å². The highest BCUT2D eigenvalue weighted by Crippen LogP contribution is 2.42. The lowest BCUT2D eigenvalue weighted by Crippen LogP contribution is -2.44. The fraction of sp³-hybridized carbons (Fsp3) is 0.280. The molecule has 6 aromatic carbocycles. The van der Waals surface area contributed by atoms with Crippen LogP contribution in [0, 0.1) is 0 Å². The van der Waals surface area contributed by atoms with Crippen LogP contribution in [-0.4, -0.2) is 82.1 Å². The van der Waals surface area contributed by atoms with E-state index >= 15 is 0 Å². The first-order valence-electron chi connectivity index (χ1n) is 21.6. The molecule has 17 heteroatoms. The molecular formula is C50H52Br4N6O7. The van der Waals surface area contributed by atoms with Crippen molar-refractivity contribution in [3.05, 3.63) is 126 Å². The minimum atomic E-state index is -0.603. The maximum absolute atomic E-state index is 13.6. The van der Waals surface area contributed by atoms with Crippen LogP contribution in [0.5, 0.6) is 23.0 Å². The molecule has 67 heavy (non-hydrogen) atoms. The molecular weight excluding hydrogens is 1120 g/mol. The first kappa shape index (κ1) is 51.2. The van der Waals surface area contributed by atoms with Gasteiger partial charge >= 0.3 is 0 Å². The van der Waals surface area contributed by atoms with E-state index < -0.39 is 12.1 Å². The Hall–Kier alpha value is -5.20. The van der Waals surface area contributed by atoms with Crippen molar-refractivity contribution >= 4 is 120 Å². The summed E-state index contributed by atoms with van der Waals surface area (Å²) in [5, 5.41) is 54.4. The van der Waals surface area contributed by atoms with Crippen molar-refractivity contribution in [1.82, 2.24) is 10.9 Å². The number of nitrogens with one attached hydrogen (secondary N) is 2. The second kappa shape index (κ2) is 23.7. The van der Waals surface area contributed by atoms with Crippen molar-refractivity contribution in [1.29, 1.82) is 0 Å². The monoisotopic (exact) mass is 1160 g/mol. The molecule has 6 rings (SSSR count). The molecule has 0 spiro atoms. The van der Waals surface area contributed by atoms with Crippen molar-refractivity contribution in [2.75, 3.05) is 36.1 Å². The summed E-state index contributed by atoms with van der Waals surface area (Å²) >= 11 is 13.0. The summed E-state index contributed by atoms with van der Waals surface area (Å²) in [6.07, 6.45) is 3.02. The molecule has 6 aromatic rings. The van der Waals surface area contributed by atoms with Crippen LogP contribution in [0.2, 0.25) is 0 Å². The van der Waals surface area contributed by atoms with Gasteiger partial charge in [0.25, 0.3) is 11.8 Å². The van der Waals surface area contributed by atoms with Crippen LogP contribution in [0.25, 0.3) is 21.5 Å². The molecule has 352 valence electrons. The van der Waals surface area contributed by atoms with Gasteiger partial charge in [0.1, 0.15) is 44.0 Å². The third kappa shape index (κ3) is 12.7. The zero-order valence-electron chi connectivity index (χ0n) is 37.4. The van der Waals surface area contributed by atoms with Crippen LogP contribution < -0.4 is 20.7 Å². The summed E-state index contributed by atoms with van der Waals surface area (Å²) in [5.41, 5.74) is 8.51. The topological polar surface area (TPSA) is 180 Å². The number of benzene rings is 6. The Morgan fingerprint density at radius 2 is 0.925 bits per heavy atom. The highest BCUT2D eigenvalue weighted by Gasteiger charge is 2.25. The maximum Gasteiger partial charge on any atom is 0.262 e. The summed E-state index contributed by atoms with van der Waals surface area (Å²) in [7, 11) is 0. The number of rotatable bonds is 20.